The summed E-state index contributed by atoms with van der Waals surface area (Å²) in [5, 5.41) is 0. The van der Waals surface area contributed by atoms with Crippen LogP contribution in [0.3, 0.4) is 0 Å². The molecule has 0 amide bonds. The lowest BCUT2D eigenvalue weighted by atomic mass is 9.67. The van der Waals surface area contributed by atoms with Crippen LogP contribution < -0.4 is 0 Å². The third kappa shape index (κ3) is 3.00. The first-order valence-electron chi connectivity index (χ1n) is 10.3. The Balaban J connectivity index is 0.00000145. The molecule has 2 aliphatic carbocycles. The second-order valence-corrected chi connectivity index (χ2v) is 6.59. The normalized spacial score (nSPS) is 20.4. The molecule has 0 fully saturated rings. The van der Waals surface area contributed by atoms with Gasteiger partial charge in [0.05, 0.1) is 5.41 Å². The predicted molar refractivity (Wildman–Crippen MR) is 131 cm³/mol. The second kappa shape index (κ2) is 9.39. The fourth-order valence-corrected chi connectivity index (χ4v) is 4.64. The fraction of sp³-hybridized carbons (Fsp3) is 0.172. The third-order valence-electron chi connectivity index (χ3n) is 5.48. The lowest BCUT2D eigenvalue weighted by molar-refractivity contribution is 0.772. The maximum Gasteiger partial charge on any atom is 0.0725 e. The van der Waals surface area contributed by atoms with Gasteiger partial charge in [0.2, 0.25) is 0 Å². The van der Waals surface area contributed by atoms with Gasteiger partial charge in [-0.1, -0.05) is 113 Å². The summed E-state index contributed by atoms with van der Waals surface area (Å²) in [6, 6.07) is 8.59. The average Bonchev–Trinajstić information content (AvgIpc) is 3.20. The molecule has 0 saturated carbocycles. The molecule has 0 bridgehead atoms. The van der Waals surface area contributed by atoms with Crippen LogP contribution in [0.1, 0.15) is 38.8 Å². The Hall–Kier alpha value is -3.12. The van der Waals surface area contributed by atoms with Gasteiger partial charge in [0.1, 0.15) is 0 Å². The first-order valence-corrected chi connectivity index (χ1v) is 10.3. The zero-order chi connectivity index (χ0) is 21.6. The van der Waals surface area contributed by atoms with Crippen molar-refractivity contribution in [2.75, 3.05) is 0 Å². The van der Waals surface area contributed by atoms with Crippen molar-refractivity contribution in [2.45, 2.75) is 33.1 Å². The average molecular weight is 381 g/mol. The van der Waals surface area contributed by atoms with Crippen LogP contribution in [0.25, 0.3) is 5.57 Å². The van der Waals surface area contributed by atoms with E-state index in [2.05, 4.69) is 88.7 Å². The molecule has 1 aromatic rings. The molecular formula is C29H32. The van der Waals surface area contributed by atoms with Crippen LogP contribution in [0.15, 0.2) is 127 Å². The molecule has 0 N–H and O–H groups in total. The van der Waals surface area contributed by atoms with Crippen LogP contribution in [-0.4, -0.2) is 0 Å². The quantitative estimate of drug-likeness (QED) is 0.466. The molecule has 1 aromatic carbocycles. The number of rotatable bonds is 6. The first kappa shape index (κ1) is 22.2. The van der Waals surface area contributed by atoms with Crippen LogP contribution >= 0.6 is 0 Å². The molecule has 148 valence electrons. The minimum absolute atomic E-state index is 0.423. The summed E-state index contributed by atoms with van der Waals surface area (Å²) in [5.74, 6) is 0. The van der Waals surface area contributed by atoms with E-state index in [-0.39, 0.29) is 0 Å². The lowest BCUT2D eigenvalue weighted by Gasteiger charge is -2.33. The van der Waals surface area contributed by atoms with Crippen molar-refractivity contribution < 1.29 is 0 Å². The van der Waals surface area contributed by atoms with E-state index in [1.807, 2.05) is 38.2 Å². The van der Waals surface area contributed by atoms with E-state index in [0.717, 1.165) is 16.7 Å². The highest BCUT2D eigenvalue weighted by Gasteiger charge is 2.51. The van der Waals surface area contributed by atoms with E-state index >= 15 is 0 Å². The van der Waals surface area contributed by atoms with Gasteiger partial charge in [-0.2, -0.15) is 0 Å². The van der Waals surface area contributed by atoms with E-state index in [1.54, 1.807) is 0 Å². The van der Waals surface area contributed by atoms with E-state index in [9.17, 15) is 0 Å². The maximum atomic E-state index is 4.18. The molecule has 1 spiro atoms. The Morgan fingerprint density at radius 3 is 1.62 bits per heavy atom. The molecule has 1 unspecified atom stereocenters. The largest absolute Gasteiger partial charge is 0.0987 e. The van der Waals surface area contributed by atoms with Crippen LogP contribution in [-0.2, 0) is 5.41 Å². The summed E-state index contributed by atoms with van der Waals surface area (Å²) >= 11 is 0. The van der Waals surface area contributed by atoms with Crippen molar-refractivity contribution in [1.29, 1.82) is 0 Å². The minimum atomic E-state index is -0.423. The third-order valence-corrected chi connectivity index (χ3v) is 5.48. The van der Waals surface area contributed by atoms with Crippen LogP contribution in [0.5, 0.6) is 0 Å². The summed E-state index contributed by atoms with van der Waals surface area (Å²) in [5.41, 5.74) is 9.01. The number of hydrogen-bond donors (Lipinski definition) is 0. The highest BCUT2D eigenvalue weighted by molar-refractivity contribution is 5.94. The van der Waals surface area contributed by atoms with Gasteiger partial charge in [0, 0.05) is 0 Å². The number of benzene rings is 1. The smallest absolute Gasteiger partial charge is 0.0725 e. The van der Waals surface area contributed by atoms with Gasteiger partial charge >= 0.3 is 0 Å². The van der Waals surface area contributed by atoms with Crippen molar-refractivity contribution in [3.63, 3.8) is 0 Å². The Labute approximate surface area is 177 Å². The van der Waals surface area contributed by atoms with Gasteiger partial charge < -0.3 is 0 Å². The summed E-state index contributed by atoms with van der Waals surface area (Å²) in [6.45, 7) is 24.6. The Kier molecular flexibility index (Phi) is 7.18. The number of fused-ring (bicyclic) bond motifs is 2. The molecule has 0 aliphatic heterocycles. The molecule has 2 aliphatic rings. The van der Waals surface area contributed by atoms with Gasteiger partial charge in [-0.15, -0.1) is 0 Å². The molecule has 3 rings (SSSR count). The van der Waals surface area contributed by atoms with Gasteiger partial charge in [0.15, 0.2) is 0 Å². The highest BCUT2D eigenvalue weighted by Crippen LogP contribution is 2.61. The van der Waals surface area contributed by atoms with Crippen LogP contribution in [0, 0.1) is 0 Å². The molecule has 0 radical (unpaired) electrons. The molecule has 0 nitrogen and oxygen atoms in total. The Morgan fingerprint density at radius 1 is 0.655 bits per heavy atom. The van der Waals surface area contributed by atoms with Crippen molar-refractivity contribution in [3.05, 3.63) is 138 Å². The lowest BCUT2D eigenvalue weighted by Crippen LogP contribution is -2.28. The first-order chi connectivity index (χ1) is 14.2. The van der Waals surface area contributed by atoms with Crippen LogP contribution in [0.2, 0.25) is 0 Å². The zero-order valence-electron chi connectivity index (χ0n) is 18.3. The van der Waals surface area contributed by atoms with Gasteiger partial charge in [-0.25, -0.2) is 0 Å². The SMILES string of the molecule is C=CC1=C(C=C)C2(C(/C=C\C)=C1C=C)C(/C=C\C)=C(C=C)c1ccccc12.CC. The van der Waals surface area contributed by atoms with E-state index < -0.39 is 5.41 Å². The molecule has 0 heteroatoms. The summed E-state index contributed by atoms with van der Waals surface area (Å²) in [4.78, 5) is 0. The summed E-state index contributed by atoms with van der Waals surface area (Å²) in [6.07, 6.45) is 16.4. The number of hydrogen-bond acceptors (Lipinski definition) is 0. The van der Waals surface area contributed by atoms with Crippen molar-refractivity contribution >= 4 is 5.57 Å². The topological polar surface area (TPSA) is 0 Å². The van der Waals surface area contributed by atoms with Gasteiger partial charge in [-0.05, 0) is 58.4 Å². The molecule has 0 saturated heterocycles. The standard InChI is InChI=1S/C27H26.C2H6/c1-7-15-24-20(10-4)19(9-3)23(12-6)27(24)25(16-8-2)21(11-5)22-17-13-14-18-26(22)27;1-2/h7-18H,3-6H2,1-2H3;1-2H3/b15-7-,16-8-;. The van der Waals surface area contributed by atoms with Crippen molar-refractivity contribution in [1.82, 2.24) is 0 Å². The van der Waals surface area contributed by atoms with Crippen LogP contribution in [0.4, 0.5) is 0 Å². The minimum Gasteiger partial charge on any atom is -0.0987 e. The van der Waals surface area contributed by atoms with E-state index in [0.29, 0.717) is 0 Å². The summed E-state index contributed by atoms with van der Waals surface area (Å²) < 4.78 is 0. The number of allylic oxidation sites excluding steroid dienone is 14. The monoisotopic (exact) mass is 380 g/mol. The Bertz CT molecular complexity index is 998. The molecule has 0 aromatic heterocycles. The van der Waals surface area contributed by atoms with E-state index in [4.69, 9.17) is 0 Å². The van der Waals surface area contributed by atoms with Crippen molar-refractivity contribution in [2.24, 2.45) is 0 Å². The van der Waals surface area contributed by atoms with Crippen molar-refractivity contribution in [3.8, 4) is 0 Å². The van der Waals surface area contributed by atoms with Gasteiger partial charge in [0.25, 0.3) is 0 Å². The fourth-order valence-electron chi connectivity index (χ4n) is 4.64. The summed E-state index contributed by atoms with van der Waals surface area (Å²) in [7, 11) is 0. The molecular weight excluding hydrogens is 348 g/mol. The highest BCUT2D eigenvalue weighted by atomic mass is 14.5. The second-order valence-electron chi connectivity index (χ2n) is 6.59. The molecule has 1 atom stereocenters. The predicted octanol–water partition coefficient (Wildman–Crippen LogP) is 8.22. The molecule has 0 heterocycles. The van der Waals surface area contributed by atoms with E-state index in [1.165, 1.54) is 27.8 Å². The van der Waals surface area contributed by atoms with Gasteiger partial charge in [-0.3, -0.25) is 0 Å². The molecule has 29 heavy (non-hydrogen) atoms. The zero-order valence-corrected chi connectivity index (χ0v) is 18.3. The Morgan fingerprint density at radius 2 is 1.14 bits per heavy atom. The maximum absolute atomic E-state index is 4.18.